The van der Waals surface area contributed by atoms with Gasteiger partial charge in [0.2, 0.25) is 0 Å². The van der Waals surface area contributed by atoms with Gasteiger partial charge in [-0.2, -0.15) is 0 Å². The van der Waals surface area contributed by atoms with Gasteiger partial charge in [-0.15, -0.1) is 0 Å². The van der Waals surface area contributed by atoms with Crippen LogP contribution in [0, 0.1) is 0 Å². The molecule has 0 aromatic heterocycles. The van der Waals surface area contributed by atoms with Crippen LogP contribution in [-0.4, -0.2) is 61.8 Å². The molecule has 186 valence electrons. The summed E-state index contributed by atoms with van der Waals surface area (Å²) in [7, 11) is 0. The molecule has 0 heterocycles. The van der Waals surface area contributed by atoms with Crippen LogP contribution in [0.1, 0.15) is 119 Å². The van der Waals surface area contributed by atoms with Gasteiger partial charge in [0.05, 0.1) is 0 Å². The van der Waals surface area contributed by atoms with Gasteiger partial charge >= 0.3 is 227 Å². The first-order chi connectivity index (χ1) is 14.3. The zero-order valence-electron chi connectivity index (χ0n) is 23.3. The molecule has 0 aliphatic carbocycles. The zero-order valence-corrected chi connectivity index (χ0v) is 30.5. The van der Waals surface area contributed by atoms with Crippen LogP contribution in [0.25, 0.3) is 0 Å². The molecule has 0 atom stereocenters. The van der Waals surface area contributed by atoms with Gasteiger partial charge in [0.1, 0.15) is 0 Å². The van der Waals surface area contributed by atoms with Crippen molar-refractivity contribution in [1.29, 1.82) is 0 Å². The predicted molar refractivity (Wildman–Crippen MR) is 162 cm³/mol. The fraction of sp³-hybridized carbons (Fsp3) is 1.00. The van der Waals surface area contributed by atoms with Gasteiger partial charge in [-0.05, 0) is 0 Å². The van der Waals surface area contributed by atoms with Crippen LogP contribution < -0.4 is 0 Å². The van der Waals surface area contributed by atoms with Crippen molar-refractivity contribution >= 4 is 61.8 Å². The average Bonchev–Trinajstić information content (AvgIpc) is 2.72. The molecule has 0 unspecified atom stereocenters. The number of hydrogen-bond acceptors (Lipinski definition) is 0. The van der Waals surface area contributed by atoms with E-state index in [0.717, 1.165) is 0 Å². The van der Waals surface area contributed by atoms with Gasteiger partial charge in [-0.3, -0.25) is 0 Å². The van der Waals surface area contributed by atoms with Crippen molar-refractivity contribution in [1.82, 2.24) is 0 Å². The summed E-state index contributed by atoms with van der Waals surface area (Å²) in [6, 6.07) is 0. The van der Waals surface area contributed by atoms with Crippen LogP contribution >= 0.6 is 0 Å². The fourth-order valence-electron chi connectivity index (χ4n) is 4.96. The Morgan fingerprint density at radius 1 is 0.484 bits per heavy atom. The summed E-state index contributed by atoms with van der Waals surface area (Å²) in [5.74, 6) is 0. The van der Waals surface area contributed by atoms with Crippen LogP contribution in [-0.2, 0) is 0 Å². The van der Waals surface area contributed by atoms with E-state index in [9.17, 15) is 0 Å². The van der Waals surface area contributed by atoms with Gasteiger partial charge in [0.15, 0.2) is 0 Å². The zero-order chi connectivity index (χ0) is 23.3. The summed E-state index contributed by atoms with van der Waals surface area (Å²) in [5, 5.41) is 0. The Labute approximate surface area is 224 Å². The van der Waals surface area contributed by atoms with E-state index in [1.165, 1.54) is 77.0 Å². The first-order valence-electron chi connectivity index (χ1n) is 14.3. The molecule has 0 saturated carbocycles. The Kier molecular flexibility index (Phi) is 31.2. The van der Waals surface area contributed by atoms with E-state index in [2.05, 4.69) is 61.2 Å². The Morgan fingerprint density at radius 3 is 0.935 bits per heavy atom. The minimum atomic E-state index is -1.77. The van der Waals surface area contributed by atoms with Crippen molar-refractivity contribution in [2.24, 2.45) is 0 Å². The van der Waals surface area contributed by atoms with E-state index >= 15 is 0 Å². The molecule has 0 aromatic rings. The van der Waals surface area contributed by atoms with Gasteiger partial charge < -0.3 is 0 Å². The summed E-state index contributed by atoms with van der Waals surface area (Å²) in [5.41, 5.74) is -0.839. The first-order valence-corrected chi connectivity index (χ1v) is 35.1. The summed E-state index contributed by atoms with van der Waals surface area (Å²) in [6.07, 6.45) is 17.7. The molecule has 0 radical (unpaired) electrons. The van der Waals surface area contributed by atoms with Gasteiger partial charge in [0, 0.05) is 0 Å². The van der Waals surface area contributed by atoms with E-state index < -0.39 is 42.9 Å². The molecule has 0 nitrogen and oxygen atoms in total. The molecule has 0 N–H and O–H groups in total. The Balaban J connectivity index is -0.000000507. The van der Waals surface area contributed by atoms with Crippen LogP contribution in [0.3, 0.4) is 0 Å². The Bertz CT molecular complexity index is 304. The number of rotatable bonds is 19. The molecule has 0 aromatic carbocycles. The van der Waals surface area contributed by atoms with E-state index in [-0.39, 0.29) is 18.9 Å². The molecule has 0 fully saturated rings. The summed E-state index contributed by atoms with van der Waals surface area (Å²) >= 11 is -2.73. The van der Waals surface area contributed by atoms with E-state index in [1.54, 1.807) is 26.6 Å². The van der Waals surface area contributed by atoms with Crippen LogP contribution in [0.2, 0.25) is 46.3 Å². The van der Waals surface area contributed by atoms with Crippen molar-refractivity contribution in [3.8, 4) is 0 Å². The quantitative estimate of drug-likeness (QED) is 0.121. The molecule has 0 spiro atoms. The van der Waals surface area contributed by atoms with E-state index in [1.807, 2.05) is 0 Å². The Hall–Kier alpha value is 2.41. The third kappa shape index (κ3) is 20.3. The van der Waals surface area contributed by atoms with Crippen molar-refractivity contribution < 1.29 is 0 Å². The van der Waals surface area contributed by atoms with Crippen molar-refractivity contribution in [2.45, 2.75) is 165 Å². The van der Waals surface area contributed by atoms with Crippen molar-refractivity contribution in [3.63, 3.8) is 0 Å². The topological polar surface area (TPSA) is 0 Å². The van der Waals surface area contributed by atoms with Crippen LogP contribution in [0.15, 0.2) is 0 Å². The predicted octanol–water partition coefficient (Wildman–Crippen LogP) is 10.2. The molecular weight excluding hydrogens is 597 g/mol. The second-order valence-electron chi connectivity index (χ2n) is 11.1. The molecule has 4 heteroatoms. The second kappa shape index (κ2) is 25.5. The summed E-state index contributed by atoms with van der Waals surface area (Å²) in [4.78, 5) is 0. The molecule has 0 saturated heterocycles. The first kappa shape index (κ1) is 38.0. The van der Waals surface area contributed by atoms with E-state index in [0.29, 0.717) is 0 Å². The SMILES string of the molecule is CCC[CH2][SnH]([CH2]CCC)[CH2]CCC.CCC[CH2][Sn]([CH2]CCC)([CH2]CCC)[Si](C)(C)C.[LiH]. The van der Waals surface area contributed by atoms with Crippen LogP contribution in [0.5, 0.6) is 0 Å². The van der Waals surface area contributed by atoms with Crippen LogP contribution in [0.4, 0.5) is 0 Å². The molecule has 0 aliphatic rings. The van der Waals surface area contributed by atoms with Crippen molar-refractivity contribution in [2.75, 3.05) is 0 Å². The summed E-state index contributed by atoms with van der Waals surface area (Å²) in [6.45, 7) is 22.2. The minimum absolute atomic E-state index is 0. The fourth-order valence-corrected chi connectivity index (χ4v) is 51.9. The maximum absolute atomic E-state index is 2.70. The van der Waals surface area contributed by atoms with Gasteiger partial charge in [-0.25, -0.2) is 0 Å². The third-order valence-electron chi connectivity index (χ3n) is 7.52. The van der Waals surface area contributed by atoms with E-state index in [4.69, 9.17) is 0 Å². The third-order valence-corrected chi connectivity index (χ3v) is 64.7. The molecule has 0 amide bonds. The van der Waals surface area contributed by atoms with Crippen molar-refractivity contribution in [3.05, 3.63) is 0 Å². The normalized spacial score (nSPS) is 11.8. The monoisotopic (exact) mass is 664 g/mol. The molecular formula is C27H65LiSiSn2. The molecule has 31 heavy (non-hydrogen) atoms. The number of hydrogen-bond donors (Lipinski definition) is 0. The summed E-state index contributed by atoms with van der Waals surface area (Å²) < 4.78 is 10.2. The second-order valence-corrected chi connectivity index (χ2v) is 57.1. The number of unbranched alkanes of at least 4 members (excludes halogenated alkanes) is 6. The standard InChI is InChI=1S/6C4H9.C3H9Si.Li.2Sn.2H/c6*1-3-4-2;1-4(2)3;;;;;/h6*1,3-4H2,2H3;1-3H3;;;;;. The molecule has 0 aliphatic heterocycles. The van der Waals surface area contributed by atoms with Gasteiger partial charge in [-0.1, -0.05) is 0 Å². The molecule has 0 rings (SSSR count). The molecule has 0 bridgehead atoms. The average molecular weight is 662 g/mol. The Morgan fingerprint density at radius 2 is 0.742 bits per heavy atom. The van der Waals surface area contributed by atoms with Gasteiger partial charge in [0.25, 0.3) is 0 Å². The maximum atomic E-state index is 2.70.